The maximum atomic E-state index is 12.3. The van der Waals surface area contributed by atoms with Crippen LogP contribution in [0.3, 0.4) is 0 Å². The molecule has 7 heteroatoms. The normalized spacial score (nSPS) is 17.9. The summed E-state index contributed by atoms with van der Waals surface area (Å²) in [7, 11) is 1.55. The number of carboxylic acids is 1. The number of carboxylic acid groups (broad SMARTS) is 1. The number of piperidine rings is 1. The molecule has 0 radical (unpaired) electrons. The van der Waals surface area contributed by atoms with E-state index in [9.17, 15) is 9.59 Å². The highest BCUT2D eigenvalue weighted by molar-refractivity contribution is 7.98. The number of aliphatic carboxylic acids is 1. The number of carbonyl (C=O) groups excluding carboxylic acids is 1. The minimum Gasteiger partial charge on any atom is -0.495 e. The van der Waals surface area contributed by atoms with Gasteiger partial charge in [-0.05, 0) is 37.3 Å². The molecule has 1 atom stereocenters. The van der Waals surface area contributed by atoms with Gasteiger partial charge in [0.15, 0.2) is 0 Å². The molecule has 0 aliphatic carbocycles. The number of rotatable bonds is 4. The maximum Gasteiger partial charge on any atom is 0.321 e. The fourth-order valence-electron chi connectivity index (χ4n) is 2.46. The number of carbonyl (C=O) groups is 2. The van der Waals surface area contributed by atoms with E-state index in [4.69, 9.17) is 9.84 Å². The first-order chi connectivity index (χ1) is 10.5. The van der Waals surface area contributed by atoms with Crippen molar-refractivity contribution >= 4 is 29.4 Å². The molecule has 1 aliphatic heterocycles. The summed E-state index contributed by atoms with van der Waals surface area (Å²) in [6.45, 7) is 0.813. The molecule has 0 bridgehead atoms. The van der Waals surface area contributed by atoms with Gasteiger partial charge in [0.25, 0.3) is 0 Å². The van der Waals surface area contributed by atoms with E-state index in [0.29, 0.717) is 30.8 Å². The highest BCUT2D eigenvalue weighted by Crippen LogP contribution is 2.30. The van der Waals surface area contributed by atoms with Gasteiger partial charge in [-0.2, -0.15) is 0 Å². The van der Waals surface area contributed by atoms with Crippen LogP contribution in [0, 0.1) is 5.92 Å². The Kier molecular flexibility index (Phi) is 5.54. The van der Waals surface area contributed by atoms with E-state index < -0.39 is 11.9 Å². The molecule has 6 nitrogen and oxygen atoms in total. The van der Waals surface area contributed by atoms with Crippen LogP contribution >= 0.6 is 11.8 Å². The molecule has 1 aromatic rings. The summed E-state index contributed by atoms with van der Waals surface area (Å²) in [4.78, 5) is 26.0. The summed E-state index contributed by atoms with van der Waals surface area (Å²) >= 11 is 1.59. The van der Waals surface area contributed by atoms with Gasteiger partial charge in [0.05, 0.1) is 18.7 Å². The molecule has 22 heavy (non-hydrogen) atoms. The zero-order valence-corrected chi connectivity index (χ0v) is 13.5. The Morgan fingerprint density at radius 3 is 2.86 bits per heavy atom. The van der Waals surface area contributed by atoms with Crippen molar-refractivity contribution in [2.75, 3.05) is 31.8 Å². The summed E-state index contributed by atoms with van der Waals surface area (Å²) in [5, 5.41) is 11.9. The van der Waals surface area contributed by atoms with Crippen LogP contribution in [-0.4, -0.2) is 48.5 Å². The van der Waals surface area contributed by atoms with Crippen LogP contribution in [0.5, 0.6) is 5.75 Å². The Balaban J connectivity index is 2.06. The molecular weight excluding hydrogens is 304 g/mol. The Hall–Kier alpha value is -1.89. The highest BCUT2D eigenvalue weighted by Gasteiger charge is 2.28. The lowest BCUT2D eigenvalue weighted by Crippen LogP contribution is -2.44. The average molecular weight is 324 g/mol. The van der Waals surface area contributed by atoms with Crippen LogP contribution in [0.25, 0.3) is 0 Å². The van der Waals surface area contributed by atoms with E-state index in [2.05, 4.69) is 5.32 Å². The predicted octanol–water partition coefficient (Wildman–Crippen LogP) is 2.75. The third-order valence-electron chi connectivity index (χ3n) is 3.71. The second kappa shape index (κ2) is 7.40. The number of likely N-dealkylation sites (tertiary alicyclic amines) is 1. The minimum atomic E-state index is -0.848. The van der Waals surface area contributed by atoms with Crippen molar-refractivity contribution in [3.05, 3.63) is 18.2 Å². The van der Waals surface area contributed by atoms with Gasteiger partial charge in [-0.3, -0.25) is 4.79 Å². The van der Waals surface area contributed by atoms with Crippen molar-refractivity contribution in [2.45, 2.75) is 17.7 Å². The minimum absolute atomic E-state index is 0.242. The molecule has 0 spiro atoms. The number of methoxy groups -OCH3 is 1. The van der Waals surface area contributed by atoms with Crippen molar-refractivity contribution < 1.29 is 19.4 Å². The largest absolute Gasteiger partial charge is 0.495 e. The predicted molar refractivity (Wildman–Crippen MR) is 85.7 cm³/mol. The topological polar surface area (TPSA) is 78.9 Å². The molecule has 1 saturated heterocycles. The fourth-order valence-corrected chi connectivity index (χ4v) is 2.89. The third kappa shape index (κ3) is 3.85. The van der Waals surface area contributed by atoms with E-state index in [1.165, 1.54) is 0 Å². The number of thioether (sulfide) groups is 1. The first kappa shape index (κ1) is 16.5. The molecule has 2 N–H and O–H groups in total. The summed E-state index contributed by atoms with van der Waals surface area (Å²) in [5.74, 6) is -0.744. The van der Waals surface area contributed by atoms with Gasteiger partial charge in [0, 0.05) is 18.0 Å². The lowest BCUT2D eigenvalue weighted by molar-refractivity contribution is -0.143. The summed E-state index contributed by atoms with van der Waals surface area (Å²) in [6.07, 6.45) is 3.28. The van der Waals surface area contributed by atoms with Gasteiger partial charge < -0.3 is 20.1 Å². The number of anilines is 1. The molecular formula is C15H20N2O4S. The Labute approximate surface area is 133 Å². The number of amides is 2. The molecule has 0 saturated carbocycles. The van der Waals surface area contributed by atoms with E-state index >= 15 is 0 Å². The van der Waals surface area contributed by atoms with Crippen LogP contribution in [-0.2, 0) is 4.79 Å². The fraction of sp³-hybridized carbons (Fsp3) is 0.467. The molecule has 120 valence electrons. The molecule has 1 unspecified atom stereocenters. The zero-order valence-electron chi connectivity index (χ0n) is 12.7. The Bertz CT molecular complexity index is 564. The Morgan fingerprint density at radius 2 is 2.23 bits per heavy atom. The van der Waals surface area contributed by atoms with Crippen molar-refractivity contribution in [2.24, 2.45) is 5.92 Å². The number of urea groups is 1. The maximum absolute atomic E-state index is 12.3. The molecule has 0 aromatic heterocycles. The second-order valence-electron chi connectivity index (χ2n) is 5.12. The van der Waals surface area contributed by atoms with Crippen molar-refractivity contribution in [3.8, 4) is 5.75 Å². The number of ether oxygens (including phenoxy) is 1. The van der Waals surface area contributed by atoms with Crippen LogP contribution in [0.1, 0.15) is 12.8 Å². The van der Waals surface area contributed by atoms with E-state index in [1.807, 2.05) is 18.4 Å². The number of hydrogen-bond donors (Lipinski definition) is 2. The summed E-state index contributed by atoms with van der Waals surface area (Å²) < 4.78 is 5.29. The number of benzene rings is 1. The van der Waals surface area contributed by atoms with Crippen molar-refractivity contribution in [1.82, 2.24) is 4.90 Å². The van der Waals surface area contributed by atoms with Gasteiger partial charge in [-0.1, -0.05) is 0 Å². The highest BCUT2D eigenvalue weighted by atomic mass is 32.2. The summed E-state index contributed by atoms with van der Waals surface area (Å²) in [5.41, 5.74) is 0.586. The summed E-state index contributed by atoms with van der Waals surface area (Å²) in [6, 6.07) is 5.26. The number of nitrogens with zero attached hydrogens (tertiary/aromatic N) is 1. The number of nitrogens with one attached hydrogen (secondary N) is 1. The lowest BCUT2D eigenvalue weighted by atomic mass is 9.99. The molecule has 1 heterocycles. The van der Waals surface area contributed by atoms with Crippen LogP contribution in [0.15, 0.2) is 23.1 Å². The second-order valence-corrected chi connectivity index (χ2v) is 6.00. The monoisotopic (exact) mass is 324 g/mol. The first-order valence-electron chi connectivity index (χ1n) is 7.06. The zero-order chi connectivity index (χ0) is 16.1. The average Bonchev–Trinajstić information content (AvgIpc) is 2.55. The van der Waals surface area contributed by atoms with E-state index in [1.54, 1.807) is 29.8 Å². The van der Waals surface area contributed by atoms with Crippen LogP contribution in [0.2, 0.25) is 0 Å². The quantitative estimate of drug-likeness (QED) is 0.833. The molecule has 1 fully saturated rings. The lowest BCUT2D eigenvalue weighted by Gasteiger charge is -2.30. The van der Waals surface area contributed by atoms with Crippen LogP contribution in [0.4, 0.5) is 10.5 Å². The Morgan fingerprint density at radius 1 is 1.45 bits per heavy atom. The van der Waals surface area contributed by atoms with E-state index in [0.717, 1.165) is 4.90 Å². The van der Waals surface area contributed by atoms with Crippen LogP contribution < -0.4 is 10.1 Å². The first-order valence-corrected chi connectivity index (χ1v) is 8.28. The number of hydrogen-bond acceptors (Lipinski definition) is 4. The van der Waals surface area contributed by atoms with E-state index in [-0.39, 0.29) is 12.6 Å². The van der Waals surface area contributed by atoms with Crippen molar-refractivity contribution in [3.63, 3.8) is 0 Å². The van der Waals surface area contributed by atoms with Gasteiger partial charge in [0.1, 0.15) is 5.75 Å². The SMILES string of the molecule is COc1cc(SC)ccc1NC(=O)N1CCCC(C(=O)O)C1. The molecule has 1 aromatic carbocycles. The van der Waals surface area contributed by atoms with Gasteiger partial charge in [-0.25, -0.2) is 4.79 Å². The van der Waals surface area contributed by atoms with Gasteiger partial charge in [0.2, 0.25) is 0 Å². The molecule has 2 rings (SSSR count). The smallest absolute Gasteiger partial charge is 0.321 e. The third-order valence-corrected chi connectivity index (χ3v) is 4.43. The molecule has 2 amide bonds. The van der Waals surface area contributed by atoms with Gasteiger partial charge >= 0.3 is 12.0 Å². The van der Waals surface area contributed by atoms with Crippen molar-refractivity contribution in [1.29, 1.82) is 0 Å². The molecule has 1 aliphatic rings. The van der Waals surface area contributed by atoms with Gasteiger partial charge in [-0.15, -0.1) is 11.8 Å². The standard InChI is InChI=1S/C15H20N2O4S/c1-21-13-8-11(22-2)5-6-12(13)16-15(20)17-7-3-4-10(9-17)14(18)19/h5-6,8,10H,3-4,7,9H2,1-2H3,(H,16,20)(H,18,19).